The van der Waals surface area contributed by atoms with Gasteiger partial charge in [0.1, 0.15) is 5.70 Å². The maximum Gasteiger partial charge on any atom is 0.281 e. The standard InChI is InChI=1S/C17H13BrN2OS/c1-11-6-2-5-9-15(11)20-16(21)14(19-17(20)22)10-12-7-3-4-8-13(12)18/h2-10H,1H3,(H,19,22)/b14-10-. The van der Waals surface area contributed by atoms with Crippen molar-refractivity contribution < 1.29 is 4.79 Å². The molecule has 3 rings (SSSR count). The summed E-state index contributed by atoms with van der Waals surface area (Å²) in [6.45, 7) is 1.96. The van der Waals surface area contributed by atoms with Gasteiger partial charge in [0.25, 0.3) is 5.91 Å². The van der Waals surface area contributed by atoms with Crippen LogP contribution in [0.4, 0.5) is 5.69 Å². The molecule has 0 radical (unpaired) electrons. The molecule has 0 aromatic heterocycles. The van der Waals surface area contributed by atoms with Crippen molar-refractivity contribution in [3.8, 4) is 0 Å². The zero-order chi connectivity index (χ0) is 15.7. The summed E-state index contributed by atoms with van der Waals surface area (Å²) in [5.74, 6) is -0.143. The summed E-state index contributed by atoms with van der Waals surface area (Å²) < 4.78 is 0.928. The van der Waals surface area contributed by atoms with E-state index in [-0.39, 0.29) is 5.91 Å². The number of nitrogens with one attached hydrogen (secondary N) is 1. The molecule has 0 bridgehead atoms. The van der Waals surface area contributed by atoms with Crippen LogP contribution in [0.2, 0.25) is 0 Å². The van der Waals surface area contributed by atoms with Crippen molar-refractivity contribution in [2.24, 2.45) is 0 Å². The summed E-state index contributed by atoms with van der Waals surface area (Å²) in [5, 5.41) is 3.40. The molecular weight excluding hydrogens is 360 g/mol. The number of rotatable bonds is 2. The lowest BCUT2D eigenvalue weighted by Gasteiger charge is -2.16. The summed E-state index contributed by atoms with van der Waals surface area (Å²) in [6, 6.07) is 15.4. The highest BCUT2D eigenvalue weighted by Crippen LogP contribution is 2.26. The van der Waals surface area contributed by atoms with E-state index in [4.69, 9.17) is 12.2 Å². The van der Waals surface area contributed by atoms with Crippen molar-refractivity contribution in [3.63, 3.8) is 0 Å². The van der Waals surface area contributed by atoms with Crippen LogP contribution in [0.15, 0.2) is 58.7 Å². The normalized spacial score (nSPS) is 16.3. The van der Waals surface area contributed by atoms with Crippen LogP contribution < -0.4 is 10.2 Å². The van der Waals surface area contributed by atoms with Crippen LogP contribution in [0.25, 0.3) is 6.08 Å². The van der Waals surface area contributed by atoms with Gasteiger partial charge in [-0.15, -0.1) is 0 Å². The summed E-state index contributed by atoms with van der Waals surface area (Å²) in [5.41, 5.74) is 3.20. The van der Waals surface area contributed by atoms with Crippen molar-refractivity contribution in [1.82, 2.24) is 5.32 Å². The number of para-hydroxylation sites is 1. The molecule has 22 heavy (non-hydrogen) atoms. The van der Waals surface area contributed by atoms with E-state index in [1.54, 1.807) is 6.08 Å². The maximum absolute atomic E-state index is 12.7. The molecule has 1 N–H and O–H groups in total. The van der Waals surface area contributed by atoms with E-state index >= 15 is 0 Å². The number of halogens is 1. The molecule has 5 heteroatoms. The van der Waals surface area contributed by atoms with Crippen LogP contribution in [0.3, 0.4) is 0 Å². The Balaban J connectivity index is 1.99. The first-order chi connectivity index (χ1) is 10.6. The van der Waals surface area contributed by atoms with Crippen LogP contribution in [-0.4, -0.2) is 11.0 Å². The van der Waals surface area contributed by atoms with Crippen LogP contribution in [0, 0.1) is 6.92 Å². The van der Waals surface area contributed by atoms with Gasteiger partial charge in [-0.3, -0.25) is 9.69 Å². The summed E-state index contributed by atoms with van der Waals surface area (Å²) in [7, 11) is 0. The molecule has 110 valence electrons. The van der Waals surface area contributed by atoms with Gasteiger partial charge in [-0.1, -0.05) is 52.3 Å². The van der Waals surface area contributed by atoms with Gasteiger partial charge in [0, 0.05) is 4.47 Å². The quantitative estimate of drug-likeness (QED) is 0.638. The number of anilines is 1. The predicted octanol–water partition coefficient (Wildman–Crippen LogP) is 4.02. The summed E-state index contributed by atoms with van der Waals surface area (Å²) in [4.78, 5) is 14.2. The molecule has 1 heterocycles. The zero-order valence-electron chi connectivity index (χ0n) is 11.8. The fourth-order valence-corrected chi connectivity index (χ4v) is 3.01. The highest BCUT2D eigenvalue weighted by molar-refractivity contribution is 9.10. The first kappa shape index (κ1) is 14.9. The van der Waals surface area contributed by atoms with Gasteiger partial charge in [-0.2, -0.15) is 0 Å². The second-order valence-electron chi connectivity index (χ2n) is 4.94. The monoisotopic (exact) mass is 372 g/mol. The van der Waals surface area contributed by atoms with Crippen LogP contribution >= 0.6 is 28.1 Å². The second-order valence-corrected chi connectivity index (χ2v) is 6.18. The highest BCUT2D eigenvalue weighted by atomic mass is 79.9. The minimum Gasteiger partial charge on any atom is -0.327 e. The summed E-state index contributed by atoms with van der Waals surface area (Å²) in [6.07, 6.45) is 1.80. The van der Waals surface area contributed by atoms with Crippen LogP contribution in [0.1, 0.15) is 11.1 Å². The van der Waals surface area contributed by atoms with E-state index in [9.17, 15) is 4.79 Å². The van der Waals surface area contributed by atoms with Crippen molar-refractivity contribution in [3.05, 3.63) is 69.8 Å². The Labute approximate surface area is 142 Å². The number of thiocarbonyl (C=S) groups is 1. The van der Waals surface area contributed by atoms with E-state index < -0.39 is 0 Å². The first-order valence-corrected chi connectivity index (χ1v) is 7.95. The third-order valence-corrected chi connectivity index (χ3v) is 4.45. The Morgan fingerprint density at radius 1 is 1.14 bits per heavy atom. The van der Waals surface area contributed by atoms with Crippen molar-refractivity contribution in [2.45, 2.75) is 6.92 Å². The molecule has 0 spiro atoms. The van der Waals surface area contributed by atoms with E-state index in [0.717, 1.165) is 21.3 Å². The minimum atomic E-state index is -0.143. The number of aryl methyl sites for hydroxylation is 1. The number of amides is 1. The molecule has 2 aromatic rings. The zero-order valence-corrected chi connectivity index (χ0v) is 14.2. The van der Waals surface area contributed by atoms with E-state index in [1.165, 1.54) is 4.90 Å². The number of carbonyl (C=O) groups excluding carboxylic acids is 1. The van der Waals surface area contributed by atoms with Gasteiger partial charge in [0.15, 0.2) is 5.11 Å². The largest absolute Gasteiger partial charge is 0.327 e. The Bertz CT molecular complexity index is 801. The number of hydrogen-bond donors (Lipinski definition) is 1. The van der Waals surface area contributed by atoms with Gasteiger partial charge >= 0.3 is 0 Å². The lowest BCUT2D eigenvalue weighted by molar-refractivity contribution is -0.113. The molecule has 0 atom stereocenters. The lowest BCUT2D eigenvalue weighted by atomic mass is 10.1. The fraction of sp³-hybridized carbons (Fsp3) is 0.0588. The van der Waals surface area contributed by atoms with E-state index in [1.807, 2.05) is 55.5 Å². The van der Waals surface area contributed by atoms with Crippen molar-refractivity contribution >= 4 is 50.9 Å². The molecule has 0 saturated carbocycles. The average Bonchev–Trinajstić information content (AvgIpc) is 2.77. The van der Waals surface area contributed by atoms with Gasteiger partial charge in [-0.25, -0.2) is 0 Å². The molecule has 2 aromatic carbocycles. The highest BCUT2D eigenvalue weighted by Gasteiger charge is 2.32. The molecule has 1 aliphatic rings. The summed E-state index contributed by atoms with van der Waals surface area (Å²) >= 11 is 8.81. The molecule has 0 aliphatic carbocycles. The van der Waals surface area contributed by atoms with Crippen molar-refractivity contribution in [1.29, 1.82) is 0 Å². The number of nitrogens with zero attached hydrogens (tertiary/aromatic N) is 1. The fourth-order valence-electron chi connectivity index (χ4n) is 2.32. The topological polar surface area (TPSA) is 32.3 Å². The molecule has 1 saturated heterocycles. The Morgan fingerprint density at radius 3 is 2.55 bits per heavy atom. The third-order valence-electron chi connectivity index (χ3n) is 3.44. The molecule has 1 aliphatic heterocycles. The van der Waals surface area contributed by atoms with Crippen LogP contribution in [-0.2, 0) is 4.79 Å². The van der Waals surface area contributed by atoms with E-state index in [2.05, 4.69) is 21.2 Å². The Morgan fingerprint density at radius 2 is 1.82 bits per heavy atom. The van der Waals surface area contributed by atoms with Gasteiger partial charge in [-0.05, 0) is 48.5 Å². The van der Waals surface area contributed by atoms with Crippen molar-refractivity contribution in [2.75, 3.05) is 4.90 Å². The maximum atomic E-state index is 12.7. The van der Waals surface area contributed by atoms with Gasteiger partial charge in [0.05, 0.1) is 5.69 Å². The molecule has 3 nitrogen and oxygen atoms in total. The smallest absolute Gasteiger partial charge is 0.281 e. The average molecular weight is 373 g/mol. The second kappa shape index (κ2) is 6.02. The Hall–Kier alpha value is -1.98. The SMILES string of the molecule is Cc1ccccc1N1C(=O)/C(=C/c2ccccc2Br)NC1=S. The molecule has 1 fully saturated rings. The van der Waals surface area contributed by atoms with Gasteiger partial charge < -0.3 is 5.32 Å². The number of benzene rings is 2. The third kappa shape index (κ3) is 2.69. The molecular formula is C17H13BrN2OS. The first-order valence-electron chi connectivity index (χ1n) is 6.75. The lowest BCUT2D eigenvalue weighted by Crippen LogP contribution is -2.30. The van der Waals surface area contributed by atoms with Gasteiger partial charge in [0.2, 0.25) is 0 Å². The predicted molar refractivity (Wildman–Crippen MR) is 96.5 cm³/mol. The molecule has 1 amide bonds. The van der Waals surface area contributed by atoms with Crippen LogP contribution in [0.5, 0.6) is 0 Å². The number of carbonyl (C=O) groups is 1. The molecule has 0 unspecified atom stereocenters. The number of hydrogen-bond acceptors (Lipinski definition) is 2. The Kier molecular flexibility index (Phi) is 4.09. The minimum absolute atomic E-state index is 0.143. The van der Waals surface area contributed by atoms with E-state index in [0.29, 0.717) is 10.8 Å².